The van der Waals surface area contributed by atoms with E-state index >= 15 is 0 Å². The molecule has 110 valence electrons. The standard InChI is InChI=1S/C14H10F4N2O/c15-8-1-4-13(12(18)5-8)19-7-14(21)20-9-2-3-10(16)11(17)6-9/h1-6,19H,7H2,(H,20,21). The zero-order valence-electron chi connectivity index (χ0n) is 10.6. The molecule has 7 heteroatoms. The lowest BCUT2D eigenvalue weighted by Crippen LogP contribution is -2.22. The Kier molecular flexibility index (Phi) is 4.42. The molecule has 21 heavy (non-hydrogen) atoms. The van der Waals surface area contributed by atoms with Gasteiger partial charge >= 0.3 is 0 Å². The van der Waals surface area contributed by atoms with E-state index < -0.39 is 29.2 Å². The molecule has 2 aromatic rings. The van der Waals surface area contributed by atoms with Gasteiger partial charge in [0.1, 0.15) is 11.6 Å². The van der Waals surface area contributed by atoms with Gasteiger partial charge in [0.25, 0.3) is 0 Å². The summed E-state index contributed by atoms with van der Waals surface area (Å²) in [4.78, 5) is 11.6. The van der Waals surface area contributed by atoms with E-state index in [4.69, 9.17) is 0 Å². The van der Waals surface area contributed by atoms with Crippen LogP contribution in [0, 0.1) is 23.3 Å². The SMILES string of the molecule is O=C(CNc1ccc(F)cc1F)Nc1ccc(F)c(F)c1. The van der Waals surface area contributed by atoms with E-state index in [1.165, 1.54) is 6.07 Å². The van der Waals surface area contributed by atoms with Crippen molar-refractivity contribution < 1.29 is 22.4 Å². The Morgan fingerprint density at radius 3 is 2.33 bits per heavy atom. The van der Waals surface area contributed by atoms with Crippen LogP contribution in [-0.2, 0) is 4.79 Å². The van der Waals surface area contributed by atoms with E-state index in [9.17, 15) is 22.4 Å². The van der Waals surface area contributed by atoms with Crippen molar-refractivity contribution >= 4 is 17.3 Å². The molecule has 0 saturated heterocycles. The van der Waals surface area contributed by atoms with Crippen molar-refractivity contribution in [2.24, 2.45) is 0 Å². The van der Waals surface area contributed by atoms with Crippen LogP contribution < -0.4 is 10.6 Å². The van der Waals surface area contributed by atoms with Gasteiger partial charge in [0.15, 0.2) is 11.6 Å². The van der Waals surface area contributed by atoms with E-state index in [1.807, 2.05) is 0 Å². The molecule has 2 N–H and O–H groups in total. The van der Waals surface area contributed by atoms with Crippen LogP contribution in [0.1, 0.15) is 0 Å². The molecule has 3 nitrogen and oxygen atoms in total. The number of hydrogen-bond donors (Lipinski definition) is 2. The number of nitrogens with one attached hydrogen (secondary N) is 2. The number of hydrogen-bond acceptors (Lipinski definition) is 2. The molecule has 2 rings (SSSR count). The third-order valence-corrected chi connectivity index (χ3v) is 2.57. The van der Waals surface area contributed by atoms with E-state index in [1.54, 1.807) is 0 Å². The molecule has 0 heterocycles. The van der Waals surface area contributed by atoms with Crippen LogP contribution >= 0.6 is 0 Å². The van der Waals surface area contributed by atoms with E-state index in [0.29, 0.717) is 6.07 Å². The normalized spacial score (nSPS) is 10.3. The molecule has 0 aromatic heterocycles. The van der Waals surface area contributed by atoms with Gasteiger partial charge in [-0.25, -0.2) is 17.6 Å². The first-order valence-corrected chi connectivity index (χ1v) is 5.89. The fourth-order valence-electron chi connectivity index (χ4n) is 1.59. The van der Waals surface area contributed by atoms with Crippen molar-refractivity contribution in [1.82, 2.24) is 0 Å². The largest absolute Gasteiger partial charge is 0.374 e. The Hall–Kier alpha value is -2.57. The van der Waals surface area contributed by atoms with Crippen LogP contribution in [0.2, 0.25) is 0 Å². The molecule has 0 atom stereocenters. The first-order valence-electron chi connectivity index (χ1n) is 5.89. The lowest BCUT2D eigenvalue weighted by Gasteiger charge is -2.09. The number of carbonyl (C=O) groups excluding carboxylic acids is 1. The molecule has 0 fully saturated rings. The van der Waals surface area contributed by atoms with Crippen molar-refractivity contribution in [3.63, 3.8) is 0 Å². The van der Waals surface area contributed by atoms with Crippen molar-refractivity contribution in [3.05, 3.63) is 59.7 Å². The van der Waals surface area contributed by atoms with Crippen LogP contribution in [0.25, 0.3) is 0 Å². The maximum Gasteiger partial charge on any atom is 0.243 e. The second-order valence-electron chi connectivity index (χ2n) is 4.15. The number of benzene rings is 2. The molecule has 2 aromatic carbocycles. The van der Waals surface area contributed by atoms with Gasteiger partial charge in [-0.15, -0.1) is 0 Å². The summed E-state index contributed by atoms with van der Waals surface area (Å²) >= 11 is 0. The number of amides is 1. The molecule has 1 amide bonds. The Morgan fingerprint density at radius 2 is 1.67 bits per heavy atom. The summed E-state index contributed by atoms with van der Waals surface area (Å²) in [5.41, 5.74) is 0.0251. The monoisotopic (exact) mass is 298 g/mol. The molecular formula is C14H10F4N2O. The van der Waals surface area contributed by atoms with Gasteiger partial charge in [0.2, 0.25) is 5.91 Å². The zero-order valence-corrected chi connectivity index (χ0v) is 10.6. The average Bonchev–Trinajstić information content (AvgIpc) is 2.42. The van der Waals surface area contributed by atoms with E-state index in [-0.39, 0.29) is 17.9 Å². The predicted molar refractivity (Wildman–Crippen MR) is 69.8 cm³/mol. The maximum atomic E-state index is 13.3. The average molecular weight is 298 g/mol. The van der Waals surface area contributed by atoms with Gasteiger partial charge in [-0.2, -0.15) is 0 Å². The van der Waals surface area contributed by atoms with Gasteiger partial charge in [-0.05, 0) is 24.3 Å². The lowest BCUT2D eigenvalue weighted by molar-refractivity contribution is -0.114. The summed E-state index contributed by atoms with van der Waals surface area (Å²) in [6, 6.07) is 5.75. The minimum Gasteiger partial charge on any atom is -0.374 e. The molecule has 0 saturated carbocycles. The van der Waals surface area contributed by atoms with Crippen LogP contribution in [-0.4, -0.2) is 12.5 Å². The first-order chi connectivity index (χ1) is 9.95. The highest BCUT2D eigenvalue weighted by Crippen LogP contribution is 2.15. The molecule has 0 aliphatic rings. The maximum absolute atomic E-state index is 13.3. The van der Waals surface area contributed by atoms with Crippen molar-refractivity contribution in [2.75, 3.05) is 17.2 Å². The van der Waals surface area contributed by atoms with Crippen LogP contribution in [0.15, 0.2) is 36.4 Å². The number of rotatable bonds is 4. The molecule has 0 radical (unpaired) electrons. The number of carbonyl (C=O) groups is 1. The van der Waals surface area contributed by atoms with Gasteiger partial charge in [0, 0.05) is 17.8 Å². The van der Waals surface area contributed by atoms with Gasteiger partial charge in [-0.3, -0.25) is 4.79 Å². The zero-order chi connectivity index (χ0) is 15.4. The summed E-state index contributed by atoms with van der Waals surface area (Å²) in [5, 5.41) is 4.77. The highest BCUT2D eigenvalue weighted by atomic mass is 19.2. The first kappa shape index (κ1) is 14.8. The molecule has 0 spiro atoms. The smallest absolute Gasteiger partial charge is 0.243 e. The van der Waals surface area contributed by atoms with Crippen molar-refractivity contribution in [3.8, 4) is 0 Å². The van der Waals surface area contributed by atoms with Gasteiger partial charge in [0.05, 0.1) is 12.2 Å². The Bertz CT molecular complexity index is 676. The van der Waals surface area contributed by atoms with Crippen molar-refractivity contribution in [2.45, 2.75) is 0 Å². The summed E-state index contributed by atoms with van der Waals surface area (Å²) < 4.78 is 51.6. The Balaban J connectivity index is 1.94. The van der Waals surface area contributed by atoms with E-state index in [0.717, 1.165) is 24.3 Å². The Morgan fingerprint density at radius 1 is 0.905 bits per heavy atom. The lowest BCUT2D eigenvalue weighted by atomic mass is 10.3. The second-order valence-corrected chi connectivity index (χ2v) is 4.15. The summed E-state index contributed by atoms with van der Waals surface area (Å²) in [6.07, 6.45) is 0. The summed E-state index contributed by atoms with van der Waals surface area (Å²) in [6.45, 7) is -0.318. The molecular weight excluding hydrogens is 288 g/mol. The molecule has 0 aliphatic heterocycles. The minimum atomic E-state index is -1.09. The number of anilines is 2. The third kappa shape index (κ3) is 3.95. The molecule has 0 aliphatic carbocycles. The van der Waals surface area contributed by atoms with E-state index in [2.05, 4.69) is 10.6 Å². The second kappa shape index (κ2) is 6.25. The highest BCUT2D eigenvalue weighted by molar-refractivity contribution is 5.93. The predicted octanol–water partition coefficient (Wildman–Crippen LogP) is 3.29. The Labute approximate surface area is 117 Å². The van der Waals surface area contributed by atoms with Crippen LogP contribution in [0.5, 0.6) is 0 Å². The fraction of sp³-hybridized carbons (Fsp3) is 0.0714. The van der Waals surface area contributed by atoms with Crippen LogP contribution in [0.3, 0.4) is 0 Å². The third-order valence-electron chi connectivity index (χ3n) is 2.57. The van der Waals surface area contributed by atoms with Gasteiger partial charge < -0.3 is 10.6 Å². The highest BCUT2D eigenvalue weighted by Gasteiger charge is 2.08. The topological polar surface area (TPSA) is 41.1 Å². The van der Waals surface area contributed by atoms with Gasteiger partial charge in [-0.1, -0.05) is 0 Å². The minimum absolute atomic E-state index is 0.0446. The quantitative estimate of drug-likeness (QED) is 0.850. The van der Waals surface area contributed by atoms with Crippen LogP contribution in [0.4, 0.5) is 28.9 Å². The molecule has 0 bridgehead atoms. The fourth-order valence-corrected chi connectivity index (χ4v) is 1.59. The molecule has 0 unspecified atom stereocenters. The number of halogens is 4. The summed E-state index contributed by atoms with van der Waals surface area (Å²) in [5.74, 6) is -4.28. The van der Waals surface area contributed by atoms with Crippen molar-refractivity contribution in [1.29, 1.82) is 0 Å². The summed E-state index contributed by atoms with van der Waals surface area (Å²) in [7, 11) is 0.